The number of nitriles is 1. The van der Waals surface area contributed by atoms with Gasteiger partial charge >= 0.3 is 0 Å². The van der Waals surface area contributed by atoms with E-state index in [1.807, 2.05) is 6.07 Å². The summed E-state index contributed by atoms with van der Waals surface area (Å²) in [6.45, 7) is 1.84. The molecule has 0 radical (unpaired) electrons. The molecular weight excluding hydrogens is 438 g/mol. The predicted octanol–water partition coefficient (Wildman–Crippen LogP) is 6.83. The van der Waals surface area contributed by atoms with Gasteiger partial charge < -0.3 is 9.30 Å². The lowest BCUT2D eigenvalue weighted by Gasteiger charge is -2.43. The molecule has 0 saturated heterocycles. The van der Waals surface area contributed by atoms with E-state index in [9.17, 15) is 5.26 Å². The van der Waals surface area contributed by atoms with Crippen LogP contribution in [-0.2, 0) is 22.3 Å². The van der Waals surface area contributed by atoms with Crippen molar-refractivity contribution in [1.29, 1.82) is 5.26 Å². The number of thioether (sulfide) groups is 1. The highest BCUT2D eigenvalue weighted by Gasteiger charge is 2.49. The lowest BCUT2D eigenvalue weighted by Crippen LogP contribution is -2.43. The van der Waals surface area contributed by atoms with E-state index in [0.717, 1.165) is 61.7 Å². The molecule has 3 saturated carbocycles. The van der Waals surface area contributed by atoms with E-state index >= 15 is 0 Å². The van der Waals surface area contributed by atoms with Crippen LogP contribution in [0.15, 0.2) is 53.4 Å². The lowest BCUT2D eigenvalue weighted by molar-refractivity contribution is -0.0957. The normalized spacial score (nSPS) is 27.1. The SMILES string of the molecule is CSc1cccc2c1nc(C1(OCC3CC3)CCC(C#N)(c3ccccc3)CC1)n2CC1CC1. The van der Waals surface area contributed by atoms with Gasteiger partial charge in [-0.05, 0) is 87.2 Å². The molecule has 2 aromatic carbocycles. The van der Waals surface area contributed by atoms with E-state index in [1.54, 1.807) is 11.8 Å². The maximum atomic E-state index is 10.3. The Morgan fingerprint density at radius 2 is 1.74 bits per heavy atom. The molecule has 3 aliphatic carbocycles. The van der Waals surface area contributed by atoms with Crippen LogP contribution in [0.1, 0.15) is 62.8 Å². The van der Waals surface area contributed by atoms with E-state index in [1.165, 1.54) is 36.1 Å². The standard InChI is InChI=1S/C29H33N3OS/c1-34-25-9-5-8-24-26(25)31-27(32(24)18-21-10-11-21)29(33-19-22-12-13-22)16-14-28(20-30,15-17-29)23-6-3-2-4-7-23/h2-9,21-22H,10-19H2,1H3. The number of aromatic nitrogens is 2. The summed E-state index contributed by atoms with van der Waals surface area (Å²) in [5, 5.41) is 10.3. The number of benzene rings is 2. The zero-order chi connectivity index (χ0) is 23.2. The molecule has 3 fully saturated rings. The Hall–Kier alpha value is -2.29. The van der Waals surface area contributed by atoms with Crippen LogP contribution in [0.4, 0.5) is 0 Å². The maximum absolute atomic E-state index is 10.3. The molecule has 3 aromatic rings. The second-order valence-electron chi connectivity index (χ2n) is 10.6. The molecule has 1 heterocycles. The van der Waals surface area contributed by atoms with Gasteiger partial charge in [0.25, 0.3) is 0 Å². The molecule has 4 nitrogen and oxygen atoms in total. The van der Waals surface area contributed by atoms with Crippen LogP contribution in [0, 0.1) is 23.2 Å². The van der Waals surface area contributed by atoms with Gasteiger partial charge in [-0.3, -0.25) is 0 Å². The Labute approximate surface area is 206 Å². The highest BCUT2D eigenvalue weighted by atomic mass is 32.2. The van der Waals surface area contributed by atoms with E-state index in [0.29, 0.717) is 5.92 Å². The van der Waals surface area contributed by atoms with Crippen LogP contribution in [0.5, 0.6) is 0 Å². The van der Waals surface area contributed by atoms with Gasteiger partial charge in [0.05, 0.1) is 23.6 Å². The van der Waals surface area contributed by atoms with Crippen LogP contribution < -0.4 is 0 Å². The number of ether oxygens (including phenoxy) is 1. The number of fused-ring (bicyclic) bond motifs is 1. The summed E-state index contributed by atoms with van der Waals surface area (Å²) in [5.41, 5.74) is 2.64. The second-order valence-corrected chi connectivity index (χ2v) is 11.5. The Kier molecular flexibility index (Phi) is 5.70. The Morgan fingerprint density at radius 1 is 1.00 bits per heavy atom. The molecule has 0 unspecified atom stereocenters. The van der Waals surface area contributed by atoms with Crippen LogP contribution in [0.2, 0.25) is 0 Å². The summed E-state index contributed by atoms with van der Waals surface area (Å²) in [7, 11) is 0. The molecule has 0 spiro atoms. The van der Waals surface area contributed by atoms with Gasteiger partial charge in [0.15, 0.2) is 0 Å². The van der Waals surface area contributed by atoms with Crippen LogP contribution >= 0.6 is 11.8 Å². The van der Waals surface area contributed by atoms with Gasteiger partial charge in [-0.15, -0.1) is 11.8 Å². The van der Waals surface area contributed by atoms with Crippen molar-refractivity contribution in [3.8, 4) is 6.07 Å². The van der Waals surface area contributed by atoms with Crippen molar-refractivity contribution in [2.24, 2.45) is 11.8 Å². The molecule has 0 aliphatic heterocycles. The third-order valence-corrected chi connectivity index (χ3v) is 9.02. The summed E-state index contributed by atoms with van der Waals surface area (Å²) in [4.78, 5) is 6.57. The van der Waals surface area contributed by atoms with Gasteiger partial charge in [-0.25, -0.2) is 4.98 Å². The summed E-state index contributed by atoms with van der Waals surface area (Å²) >= 11 is 1.77. The molecule has 6 rings (SSSR count). The number of hydrogen-bond acceptors (Lipinski definition) is 4. The van der Waals surface area contributed by atoms with E-state index in [4.69, 9.17) is 9.72 Å². The molecule has 0 amide bonds. The number of imidazole rings is 1. The summed E-state index contributed by atoms with van der Waals surface area (Å²) < 4.78 is 9.39. The molecule has 176 valence electrons. The smallest absolute Gasteiger partial charge is 0.142 e. The fraction of sp³-hybridized carbons (Fsp3) is 0.517. The molecule has 3 aliphatic rings. The van der Waals surface area contributed by atoms with Crippen molar-refractivity contribution in [3.05, 3.63) is 59.9 Å². The lowest BCUT2D eigenvalue weighted by atomic mass is 9.65. The Morgan fingerprint density at radius 3 is 2.38 bits per heavy atom. The van der Waals surface area contributed by atoms with E-state index < -0.39 is 11.0 Å². The van der Waals surface area contributed by atoms with Gasteiger partial charge in [-0.2, -0.15) is 5.26 Å². The minimum atomic E-state index is -0.439. The van der Waals surface area contributed by atoms with Gasteiger partial charge in [-0.1, -0.05) is 36.4 Å². The fourth-order valence-electron chi connectivity index (χ4n) is 5.67. The highest BCUT2D eigenvalue weighted by Crippen LogP contribution is 2.50. The molecular formula is C29H33N3OS. The van der Waals surface area contributed by atoms with E-state index in [2.05, 4.69) is 59.4 Å². The second kappa shape index (κ2) is 8.73. The van der Waals surface area contributed by atoms with Crippen molar-refractivity contribution in [3.63, 3.8) is 0 Å². The number of rotatable bonds is 8. The Bertz CT molecular complexity index is 1210. The van der Waals surface area contributed by atoms with Gasteiger partial charge in [0, 0.05) is 11.4 Å². The van der Waals surface area contributed by atoms with Crippen molar-refractivity contribution in [2.75, 3.05) is 12.9 Å². The molecule has 0 bridgehead atoms. The third-order valence-electron chi connectivity index (χ3n) is 8.25. The molecule has 1 aromatic heterocycles. The zero-order valence-electron chi connectivity index (χ0n) is 20.0. The predicted molar refractivity (Wildman–Crippen MR) is 137 cm³/mol. The topological polar surface area (TPSA) is 50.8 Å². The average Bonchev–Trinajstić information content (AvgIpc) is 3.82. The van der Waals surface area contributed by atoms with E-state index in [-0.39, 0.29) is 0 Å². The average molecular weight is 472 g/mol. The molecule has 5 heteroatoms. The first-order chi connectivity index (χ1) is 16.7. The Balaban J connectivity index is 1.42. The van der Waals surface area contributed by atoms with Gasteiger partial charge in [0.2, 0.25) is 0 Å². The van der Waals surface area contributed by atoms with Crippen LogP contribution in [0.3, 0.4) is 0 Å². The molecule has 0 atom stereocenters. The first-order valence-corrected chi connectivity index (χ1v) is 14.0. The third kappa shape index (κ3) is 3.95. The largest absolute Gasteiger partial charge is 0.367 e. The van der Waals surface area contributed by atoms with Crippen molar-refractivity contribution in [2.45, 2.75) is 73.8 Å². The number of nitrogens with zero attached hydrogens (tertiary/aromatic N) is 3. The maximum Gasteiger partial charge on any atom is 0.142 e. The van der Waals surface area contributed by atoms with Crippen molar-refractivity contribution < 1.29 is 4.74 Å². The van der Waals surface area contributed by atoms with Crippen LogP contribution in [-0.4, -0.2) is 22.4 Å². The quantitative estimate of drug-likeness (QED) is 0.338. The molecule has 34 heavy (non-hydrogen) atoms. The first kappa shape index (κ1) is 22.2. The summed E-state index contributed by atoms with van der Waals surface area (Å²) in [5.74, 6) is 2.55. The fourth-order valence-corrected chi connectivity index (χ4v) is 6.23. The van der Waals surface area contributed by atoms with Gasteiger partial charge in [0.1, 0.15) is 16.9 Å². The number of para-hydroxylation sites is 1. The monoisotopic (exact) mass is 471 g/mol. The first-order valence-electron chi connectivity index (χ1n) is 12.8. The number of hydrogen-bond donors (Lipinski definition) is 0. The highest BCUT2D eigenvalue weighted by molar-refractivity contribution is 7.98. The van der Waals surface area contributed by atoms with Crippen LogP contribution in [0.25, 0.3) is 11.0 Å². The zero-order valence-corrected chi connectivity index (χ0v) is 20.8. The van der Waals surface area contributed by atoms with Crippen molar-refractivity contribution >= 4 is 22.8 Å². The minimum Gasteiger partial charge on any atom is -0.367 e. The van der Waals surface area contributed by atoms with Crippen molar-refractivity contribution in [1.82, 2.24) is 9.55 Å². The minimum absolute atomic E-state index is 0.415. The molecule has 0 N–H and O–H groups in total. The summed E-state index contributed by atoms with van der Waals surface area (Å²) in [6, 6.07) is 19.7. The summed E-state index contributed by atoms with van der Waals surface area (Å²) in [6.07, 6.45) is 10.6.